The topological polar surface area (TPSA) is 66.6 Å². The van der Waals surface area contributed by atoms with E-state index in [1.54, 1.807) is 0 Å². The van der Waals surface area contributed by atoms with Gasteiger partial charge in [-0.25, -0.2) is 4.79 Å². The number of nitrogens with zero attached hydrogens (tertiary/aromatic N) is 2. The number of carboxylic acid groups (broad SMARTS) is 1. The molecule has 3 rings (SSSR count). The first kappa shape index (κ1) is 13.7. The minimum atomic E-state index is -1.05. The number of hydrogen-bond donors (Lipinski definition) is 1. The van der Waals surface area contributed by atoms with Gasteiger partial charge in [-0.1, -0.05) is 30.3 Å². The predicted molar refractivity (Wildman–Crippen MR) is 78.5 cm³/mol. The lowest BCUT2D eigenvalue weighted by molar-refractivity contribution is 0.0690. The Labute approximate surface area is 123 Å². The normalized spacial score (nSPS) is 16.1. The molecular weight excluding hydrogens is 268 g/mol. The first-order chi connectivity index (χ1) is 10.2. The maximum atomic E-state index is 10.8. The molecule has 1 aromatic heterocycles. The summed E-state index contributed by atoms with van der Waals surface area (Å²) < 4.78 is 5.25. The van der Waals surface area contributed by atoms with E-state index in [0.717, 1.165) is 32.4 Å². The van der Waals surface area contributed by atoms with Crippen LogP contribution >= 0.6 is 0 Å². The Balaban J connectivity index is 1.56. The van der Waals surface area contributed by atoms with Crippen molar-refractivity contribution in [1.82, 2.24) is 4.98 Å². The van der Waals surface area contributed by atoms with Crippen LogP contribution in [0.2, 0.25) is 0 Å². The Morgan fingerprint density at radius 3 is 2.62 bits per heavy atom. The van der Waals surface area contributed by atoms with E-state index in [0.29, 0.717) is 11.9 Å². The number of benzene rings is 1. The second kappa shape index (κ2) is 5.99. The summed E-state index contributed by atoms with van der Waals surface area (Å²) in [6.07, 6.45) is 4.44. The van der Waals surface area contributed by atoms with Crippen molar-refractivity contribution in [3.63, 3.8) is 0 Å². The highest BCUT2D eigenvalue weighted by Gasteiger charge is 2.23. The molecule has 0 amide bonds. The van der Waals surface area contributed by atoms with Crippen molar-refractivity contribution in [3.05, 3.63) is 47.9 Å². The molecule has 0 atom stereocenters. The van der Waals surface area contributed by atoms with Gasteiger partial charge in [-0.2, -0.15) is 4.98 Å². The van der Waals surface area contributed by atoms with Crippen LogP contribution in [0.3, 0.4) is 0 Å². The number of hydrogen-bond acceptors (Lipinski definition) is 4. The molecule has 5 nitrogen and oxygen atoms in total. The van der Waals surface area contributed by atoms with Gasteiger partial charge in [-0.15, -0.1) is 0 Å². The van der Waals surface area contributed by atoms with Crippen LogP contribution < -0.4 is 4.90 Å². The molecule has 2 aromatic rings. The third-order valence-electron chi connectivity index (χ3n) is 3.96. The number of anilines is 1. The zero-order valence-electron chi connectivity index (χ0n) is 11.7. The molecule has 1 saturated heterocycles. The minimum absolute atomic E-state index is 0.0311. The summed E-state index contributed by atoms with van der Waals surface area (Å²) >= 11 is 0. The van der Waals surface area contributed by atoms with Crippen molar-refractivity contribution in [2.45, 2.75) is 19.3 Å². The molecule has 0 bridgehead atoms. The Morgan fingerprint density at radius 1 is 1.29 bits per heavy atom. The molecule has 0 unspecified atom stereocenters. The number of piperidine rings is 1. The number of aromatic carboxylic acids is 1. The second-order valence-corrected chi connectivity index (χ2v) is 5.44. The summed E-state index contributed by atoms with van der Waals surface area (Å²) in [4.78, 5) is 16.8. The summed E-state index contributed by atoms with van der Waals surface area (Å²) in [5.74, 6) is -0.387. The maximum absolute atomic E-state index is 10.8. The molecule has 0 aliphatic carbocycles. The third kappa shape index (κ3) is 3.24. The molecule has 1 aliphatic heterocycles. The van der Waals surface area contributed by atoms with Crippen molar-refractivity contribution in [2.75, 3.05) is 18.0 Å². The van der Waals surface area contributed by atoms with E-state index in [9.17, 15) is 4.79 Å². The fraction of sp³-hybridized carbons (Fsp3) is 0.375. The Kier molecular flexibility index (Phi) is 3.90. The maximum Gasteiger partial charge on any atom is 0.357 e. The lowest BCUT2D eigenvalue weighted by atomic mass is 9.90. The summed E-state index contributed by atoms with van der Waals surface area (Å²) in [7, 11) is 0. The number of carboxylic acids is 1. The summed E-state index contributed by atoms with van der Waals surface area (Å²) in [5, 5.41) is 8.86. The van der Waals surface area contributed by atoms with Crippen LogP contribution in [-0.4, -0.2) is 29.1 Å². The van der Waals surface area contributed by atoms with E-state index in [-0.39, 0.29) is 5.69 Å². The first-order valence-corrected chi connectivity index (χ1v) is 7.20. The summed E-state index contributed by atoms with van der Waals surface area (Å²) in [6, 6.07) is 10.9. The monoisotopic (exact) mass is 286 g/mol. The van der Waals surface area contributed by atoms with Crippen LogP contribution in [0, 0.1) is 5.92 Å². The molecule has 1 N–H and O–H groups in total. The fourth-order valence-corrected chi connectivity index (χ4v) is 2.78. The van der Waals surface area contributed by atoms with Crippen molar-refractivity contribution in [3.8, 4) is 0 Å². The third-order valence-corrected chi connectivity index (χ3v) is 3.96. The van der Waals surface area contributed by atoms with E-state index < -0.39 is 5.97 Å². The molecule has 21 heavy (non-hydrogen) atoms. The number of aromatic nitrogens is 1. The summed E-state index contributed by atoms with van der Waals surface area (Å²) in [6.45, 7) is 1.72. The van der Waals surface area contributed by atoms with Gasteiger partial charge in [0, 0.05) is 13.1 Å². The van der Waals surface area contributed by atoms with E-state index in [1.165, 1.54) is 11.8 Å². The molecule has 1 aliphatic rings. The molecule has 110 valence electrons. The first-order valence-electron chi connectivity index (χ1n) is 7.20. The zero-order valence-corrected chi connectivity index (χ0v) is 11.7. The smallest absolute Gasteiger partial charge is 0.357 e. The highest BCUT2D eigenvalue weighted by Crippen LogP contribution is 2.25. The van der Waals surface area contributed by atoms with Gasteiger partial charge in [0.25, 0.3) is 6.01 Å². The molecule has 5 heteroatoms. The van der Waals surface area contributed by atoms with Crippen LogP contribution in [0.4, 0.5) is 6.01 Å². The van der Waals surface area contributed by atoms with Gasteiger partial charge in [-0.05, 0) is 30.7 Å². The molecule has 1 aromatic carbocycles. The Hall–Kier alpha value is -2.30. The van der Waals surface area contributed by atoms with Crippen LogP contribution in [0.5, 0.6) is 0 Å². The van der Waals surface area contributed by atoms with Crippen molar-refractivity contribution < 1.29 is 14.3 Å². The largest absolute Gasteiger partial charge is 0.476 e. The molecule has 2 heterocycles. The van der Waals surface area contributed by atoms with Gasteiger partial charge in [0.1, 0.15) is 6.26 Å². The number of carbonyl (C=O) groups is 1. The van der Waals surface area contributed by atoms with Gasteiger partial charge in [0.2, 0.25) is 0 Å². The van der Waals surface area contributed by atoms with E-state index in [4.69, 9.17) is 9.52 Å². The predicted octanol–water partition coefficient (Wildman–Crippen LogP) is 2.83. The SMILES string of the molecule is O=C(O)c1coc(N2CCC(Cc3ccccc3)CC2)n1. The van der Waals surface area contributed by atoms with Crippen LogP contribution in [-0.2, 0) is 6.42 Å². The molecule has 0 radical (unpaired) electrons. The lowest BCUT2D eigenvalue weighted by Crippen LogP contribution is -2.34. The van der Waals surface area contributed by atoms with Gasteiger partial charge in [-0.3, -0.25) is 0 Å². The van der Waals surface area contributed by atoms with Crippen LogP contribution in [0.1, 0.15) is 28.9 Å². The van der Waals surface area contributed by atoms with Gasteiger partial charge >= 0.3 is 5.97 Å². The average Bonchev–Trinajstić information content (AvgIpc) is 2.99. The molecule has 0 spiro atoms. The van der Waals surface area contributed by atoms with E-state index in [1.807, 2.05) is 11.0 Å². The zero-order chi connectivity index (χ0) is 14.7. The minimum Gasteiger partial charge on any atom is -0.476 e. The Bertz CT molecular complexity index is 601. The number of oxazole rings is 1. The van der Waals surface area contributed by atoms with Crippen molar-refractivity contribution >= 4 is 12.0 Å². The molecule has 1 fully saturated rings. The lowest BCUT2D eigenvalue weighted by Gasteiger charge is -2.30. The van der Waals surface area contributed by atoms with Crippen molar-refractivity contribution in [2.24, 2.45) is 5.92 Å². The number of rotatable bonds is 4. The highest BCUT2D eigenvalue weighted by molar-refractivity contribution is 5.85. The van der Waals surface area contributed by atoms with Gasteiger partial charge < -0.3 is 14.4 Å². The molecular formula is C16H18N2O3. The van der Waals surface area contributed by atoms with Crippen LogP contribution in [0.25, 0.3) is 0 Å². The quantitative estimate of drug-likeness (QED) is 0.936. The Morgan fingerprint density at radius 2 is 2.00 bits per heavy atom. The van der Waals surface area contributed by atoms with Gasteiger partial charge in [0.15, 0.2) is 5.69 Å². The van der Waals surface area contributed by atoms with Crippen LogP contribution in [0.15, 0.2) is 41.0 Å². The van der Waals surface area contributed by atoms with Crippen molar-refractivity contribution in [1.29, 1.82) is 0 Å². The molecule has 0 saturated carbocycles. The fourth-order valence-electron chi connectivity index (χ4n) is 2.78. The highest BCUT2D eigenvalue weighted by atomic mass is 16.4. The van der Waals surface area contributed by atoms with E-state index in [2.05, 4.69) is 29.2 Å². The second-order valence-electron chi connectivity index (χ2n) is 5.44. The standard InChI is InChI=1S/C16H18N2O3/c19-15(20)14-11-21-16(17-14)18-8-6-13(7-9-18)10-12-4-2-1-3-5-12/h1-5,11,13H,6-10H2,(H,19,20). The van der Waals surface area contributed by atoms with E-state index >= 15 is 0 Å². The average molecular weight is 286 g/mol. The van der Waals surface area contributed by atoms with Gasteiger partial charge in [0.05, 0.1) is 0 Å². The summed E-state index contributed by atoms with van der Waals surface area (Å²) in [5.41, 5.74) is 1.34.